The zero-order valence-corrected chi connectivity index (χ0v) is 26.1. The SMILES string of the molecule is CCOc1ccc(NC(=O)[C@@H]2[C@H]3C(=O)N(CCCCCCO)C(C(=O)Nc4ccc5ccccc5c4)C34S[C@@H]2CC4C)cc1. The third kappa shape index (κ3) is 5.45. The minimum absolute atomic E-state index is 0.0377. The number of nitrogens with zero attached hydrogens (tertiary/aromatic N) is 1. The maximum Gasteiger partial charge on any atom is 0.248 e. The average molecular weight is 616 g/mol. The fourth-order valence-electron chi connectivity index (χ4n) is 7.61. The number of nitrogens with one attached hydrogen (secondary N) is 2. The fraction of sp³-hybridized carbons (Fsp3) is 0.457. The summed E-state index contributed by atoms with van der Waals surface area (Å²) < 4.78 is 4.85. The molecule has 0 radical (unpaired) electrons. The minimum Gasteiger partial charge on any atom is -0.494 e. The predicted molar refractivity (Wildman–Crippen MR) is 175 cm³/mol. The number of likely N-dealkylation sites (tertiary alicyclic amines) is 1. The maximum atomic E-state index is 14.4. The van der Waals surface area contributed by atoms with Crippen molar-refractivity contribution in [1.82, 2.24) is 4.90 Å². The summed E-state index contributed by atoms with van der Waals surface area (Å²) in [4.78, 5) is 44.3. The lowest BCUT2D eigenvalue weighted by Gasteiger charge is -2.38. The zero-order chi connectivity index (χ0) is 30.8. The van der Waals surface area contributed by atoms with Crippen LogP contribution in [0.2, 0.25) is 0 Å². The molecule has 3 unspecified atom stereocenters. The van der Waals surface area contributed by atoms with Crippen molar-refractivity contribution in [3.63, 3.8) is 0 Å². The summed E-state index contributed by atoms with van der Waals surface area (Å²) in [6.45, 7) is 5.21. The lowest BCUT2D eigenvalue weighted by atomic mass is 9.66. The summed E-state index contributed by atoms with van der Waals surface area (Å²) in [6, 6.07) is 20.5. The van der Waals surface area contributed by atoms with Gasteiger partial charge in [0.15, 0.2) is 0 Å². The van der Waals surface area contributed by atoms with Crippen LogP contribution < -0.4 is 15.4 Å². The van der Waals surface area contributed by atoms with E-state index in [0.29, 0.717) is 24.5 Å². The number of carbonyl (C=O) groups is 3. The van der Waals surface area contributed by atoms with Gasteiger partial charge in [0.1, 0.15) is 11.8 Å². The van der Waals surface area contributed by atoms with Gasteiger partial charge in [-0.2, -0.15) is 0 Å². The molecule has 44 heavy (non-hydrogen) atoms. The van der Waals surface area contributed by atoms with E-state index in [0.717, 1.165) is 48.6 Å². The van der Waals surface area contributed by atoms with Gasteiger partial charge in [-0.3, -0.25) is 14.4 Å². The van der Waals surface area contributed by atoms with Crippen LogP contribution in [-0.4, -0.2) is 63.5 Å². The van der Waals surface area contributed by atoms with Gasteiger partial charge in [0.25, 0.3) is 0 Å². The minimum atomic E-state index is -0.686. The Hall–Kier alpha value is -3.56. The number of hydrogen-bond donors (Lipinski definition) is 3. The zero-order valence-electron chi connectivity index (χ0n) is 25.3. The molecule has 3 N–H and O–H groups in total. The molecule has 3 aromatic carbocycles. The molecule has 6 rings (SSSR count). The van der Waals surface area contributed by atoms with Crippen molar-refractivity contribution >= 4 is 51.6 Å². The van der Waals surface area contributed by atoms with Crippen LogP contribution in [0.3, 0.4) is 0 Å². The van der Waals surface area contributed by atoms with Gasteiger partial charge in [-0.05, 0) is 79.3 Å². The number of hydrogen-bond acceptors (Lipinski definition) is 6. The Kier molecular flexibility index (Phi) is 8.87. The van der Waals surface area contributed by atoms with E-state index < -0.39 is 22.6 Å². The normalized spacial score (nSPS) is 27.0. The molecule has 3 aliphatic rings. The number of aliphatic hydroxyl groups excluding tert-OH is 1. The number of anilines is 2. The smallest absolute Gasteiger partial charge is 0.248 e. The Morgan fingerprint density at radius 2 is 1.66 bits per heavy atom. The number of fused-ring (bicyclic) bond motifs is 2. The summed E-state index contributed by atoms with van der Waals surface area (Å²) in [5.74, 6) is -0.739. The van der Waals surface area contributed by atoms with Crippen molar-refractivity contribution in [3.05, 3.63) is 66.7 Å². The van der Waals surface area contributed by atoms with Gasteiger partial charge < -0.3 is 25.4 Å². The molecule has 0 saturated carbocycles. The van der Waals surface area contributed by atoms with Crippen LogP contribution >= 0.6 is 11.8 Å². The van der Waals surface area contributed by atoms with E-state index in [1.807, 2.05) is 73.7 Å². The van der Waals surface area contributed by atoms with E-state index in [1.165, 1.54) is 0 Å². The van der Waals surface area contributed by atoms with Crippen molar-refractivity contribution in [2.45, 2.75) is 62.0 Å². The van der Waals surface area contributed by atoms with Crippen LogP contribution in [0.5, 0.6) is 5.75 Å². The number of thioether (sulfide) groups is 1. The van der Waals surface area contributed by atoms with E-state index in [4.69, 9.17) is 4.74 Å². The van der Waals surface area contributed by atoms with E-state index in [1.54, 1.807) is 16.7 Å². The Balaban J connectivity index is 1.28. The van der Waals surface area contributed by atoms with Gasteiger partial charge in [-0.1, -0.05) is 50.1 Å². The predicted octanol–water partition coefficient (Wildman–Crippen LogP) is 5.71. The van der Waals surface area contributed by atoms with Crippen molar-refractivity contribution in [3.8, 4) is 5.75 Å². The number of aliphatic hydroxyl groups is 1. The van der Waals surface area contributed by atoms with Gasteiger partial charge in [-0.15, -0.1) is 11.8 Å². The standard InChI is InChI=1S/C35H41N3O5S/c1-3-43-27-16-14-25(15-17-27)36-32(40)29-28-20-22(2)35(44-28)30(29)34(42)38(18-8-4-5-9-19-39)31(35)33(41)37-26-13-12-23-10-6-7-11-24(23)21-26/h6-7,10-17,21-22,28-31,39H,3-5,8-9,18-20H2,1-2H3,(H,36,40)(H,37,41)/t22?,28-,29+,30+,31?,35?/m1/s1. The Morgan fingerprint density at radius 1 is 0.955 bits per heavy atom. The summed E-state index contributed by atoms with van der Waals surface area (Å²) in [5, 5.41) is 17.5. The van der Waals surface area contributed by atoms with Gasteiger partial charge in [0.2, 0.25) is 17.7 Å². The third-order valence-corrected chi connectivity index (χ3v) is 11.6. The van der Waals surface area contributed by atoms with Gasteiger partial charge in [-0.25, -0.2) is 0 Å². The van der Waals surface area contributed by atoms with Gasteiger partial charge in [0.05, 0.1) is 23.2 Å². The number of ether oxygens (including phenoxy) is 1. The molecule has 0 aliphatic carbocycles. The van der Waals surface area contributed by atoms with Crippen LogP contribution in [0.1, 0.15) is 46.0 Å². The first-order chi connectivity index (χ1) is 21.4. The molecule has 3 heterocycles. The van der Waals surface area contributed by atoms with Crippen LogP contribution in [0.4, 0.5) is 11.4 Å². The molecule has 3 amide bonds. The number of carbonyl (C=O) groups excluding carboxylic acids is 3. The van der Waals surface area contributed by atoms with E-state index >= 15 is 0 Å². The Labute approximate surface area is 262 Å². The summed E-state index contributed by atoms with van der Waals surface area (Å²) in [6.07, 6.45) is 3.95. The molecule has 3 saturated heterocycles. The molecule has 3 fully saturated rings. The molecular weight excluding hydrogens is 574 g/mol. The number of unbranched alkanes of at least 4 members (excludes halogenated alkanes) is 3. The first-order valence-corrected chi connectivity index (χ1v) is 16.7. The Bertz CT molecular complexity index is 1530. The Morgan fingerprint density at radius 3 is 2.41 bits per heavy atom. The molecule has 8 nitrogen and oxygen atoms in total. The van der Waals surface area contributed by atoms with Gasteiger partial charge in [0, 0.05) is 29.8 Å². The molecule has 3 aliphatic heterocycles. The first-order valence-electron chi connectivity index (χ1n) is 15.8. The molecule has 2 bridgehead atoms. The second-order valence-corrected chi connectivity index (χ2v) is 13.8. The highest BCUT2D eigenvalue weighted by atomic mass is 32.2. The quantitative estimate of drug-likeness (QED) is 0.226. The fourth-order valence-corrected chi connectivity index (χ4v) is 10.0. The molecule has 232 valence electrons. The molecule has 9 heteroatoms. The van der Waals surface area contributed by atoms with Crippen LogP contribution in [0.25, 0.3) is 10.8 Å². The van der Waals surface area contributed by atoms with Crippen molar-refractivity contribution in [2.75, 3.05) is 30.4 Å². The highest BCUT2D eigenvalue weighted by Crippen LogP contribution is 2.68. The van der Waals surface area contributed by atoms with Crippen molar-refractivity contribution in [1.29, 1.82) is 0 Å². The second-order valence-electron chi connectivity index (χ2n) is 12.2. The second kappa shape index (κ2) is 12.8. The molecule has 6 atom stereocenters. The molecule has 0 aromatic heterocycles. The first kappa shape index (κ1) is 30.5. The molecular formula is C35H41N3O5S. The number of benzene rings is 3. The highest BCUT2D eigenvalue weighted by molar-refractivity contribution is 8.02. The van der Waals surface area contributed by atoms with Crippen LogP contribution in [-0.2, 0) is 14.4 Å². The topological polar surface area (TPSA) is 108 Å². The number of amides is 3. The average Bonchev–Trinajstić information content (AvgIpc) is 3.61. The summed E-state index contributed by atoms with van der Waals surface area (Å²) in [5.41, 5.74) is 1.35. The lowest BCUT2D eigenvalue weighted by molar-refractivity contribution is -0.138. The van der Waals surface area contributed by atoms with Crippen molar-refractivity contribution < 1.29 is 24.2 Å². The van der Waals surface area contributed by atoms with Crippen LogP contribution in [0, 0.1) is 17.8 Å². The monoisotopic (exact) mass is 615 g/mol. The van der Waals surface area contributed by atoms with Gasteiger partial charge >= 0.3 is 0 Å². The summed E-state index contributed by atoms with van der Waals surface area (Å²) >= 11 is 1.68. The van der Waals surface area contributed by atoms with E-state index in [-0.39, 0.29) is 35.5 Å². The van der Waals surface area contributed by atoms with Crippen molar-refractivity contribution in [2.24, 2.45) is 17.8 Å². The van der Waals surface area contributed by atoms with E-state index in [9.17, 15) is 19.5 Å². The number of rotatable bonds is 12. The maximum absolute atomic E-state index is 14.4. The summed E-state index contributed by atoms with van der Waals surface area (Å²) in [7, 11) is 0. The highest BCUT2D eigenvalue weighted by Gasteiger charge is 2.75. The third-order valence-electron chi connectivity index (χ3n) is 9.55. The largest absolute Gasteiger partial charge is 0.494 e. The van der Waals surface area contributed by atoms with Crippen LogP contribution in [0.15, 0.2) is 66.7 Å². The lowest BCUT2D eigenvalue weighted by Crippen LogP contribution is -2.54. The van der Waals surface area contributed by atoms with E-state index in [2.05, 4.69) is 17.6 Å². The molecule has 3 aromatic rings. The molecule has 1 spiro atoms.